The number of hydrogen-bond donors (Lipinski definition) is 0. The average molecular weight is 429 g/mol. The molecule has 0 aromatic heterocycles. The topological polar surface area (TPSA) is 0 Å². The van der Waals surface area contributed by atoms with Crippen molar-refractivity contribution in [2.24, 2.45) is 0 Å². The van der Waals surface area contributed by atoms with Crippen LogP contribution < -0.4 is 0 Å². The molecule has 0 saturated heterocycles. The third-order valence-corrected chi connectivity index (χ3v) is 47.2. The van der Waals surface area contributed by atoms with Crippen LogP contribution in [0.4, 0.5) is 0 Å². The van der Waals surface area contributed by atoms with Crippen LogP contribution in [0.1, 0.15) is 83.1 Å². The SMILES string of the molecule is CC(C)(C)[PH](C)([Pd][PH](C)(C(C)(C)C)C(C)(C)C)C(C)(C)C. The van der Waals surface area contributed by atoms with Crippen LogP contribution in [0.25, 0.3) is 0 Å². The molecule has 0 amide bonds. The molecular formula is C18H44P2Pd. The van der Waals surface area contributed by atoms with Crippen LogP contribution in [0, 0.1) is 0 Å². The van der Waals surface area contributed by atoms with E-state index >= 15 is 0 Å². The van der Waals surface area contributed by atoms with E-state index in [0.29, 0.717) is 20.6 Å². The molecule has 0 aliphatic carbocycles. The van der Waals surface area contributed by atoms with E-state index in [2.05, 4.69) is 96.4 Å². The van der Waals surface area contributed by atoms with Crippen LogP contribution in [-0.4, -0.2) is 34.0 Å². The van der Waals surface area contributed by atoms with Crippen molar-refractivity contribution in [3.8, 4) is 0 Å². The van der Waals surface area contributed by atoms with Crippen LogP contribution in [0.3, 0.4) is 0 Å². The molecule has 3 heteroatoms. The summed E-state index contributed by atoms with van der Waals surface area (Å²) in [6.45, 7) is 35.6. The third-order valence-electron chi connectivity index (χ3n) is 5.76. The zero-order chi connectivity index (χ0) is 17.7. The Morgan fingerprint density at radius 1 is 0.429 bits per heavy atom. The molecule has 0 fully saturated rings. The second kappa shape index (κ2) is 6.11. The Balaban J connectivity index is 6.15. The molecule has 0 saturated carbocycles. The Kier molecular flexibility index (Phi) is 6.55. The molecule has 0 atom stereocenters. The zero-order valence-corrected chi connectivity index (χ0v) is 20.9. The first-order valence-electron chi connectivity index (χ1n) is 8.32. The van der Waals surface area contributed by atoms with Crippen LogP contribution >= 0.6 is 10.9 Å². The van der Waals surface area contributed by atoms with Gasteiger partial charge in [-0.3, -0.25) is 0 Å². The van der Waals surface area contributed by atoms with Gasteiger partial charge >= 0.3 is 145 Å². The minimum atomic E-state index is -1.40. The van der Waals surface area contributed by atoms with Crippen LogP contribution in [0.2, 0.25) is 0 Å². The summed E-state index contributed by atoms with van der Waals surface area (Å²) >= 11 is 0.944. The van der Waals surface area contributed by atoms with Gasteiger partial charge in [0.05, 0.1) is 0 Å². The van der Waals surface area contributed by atoms with E-state index in [9.17, 15) is 0 Å². The van der Waals surface area contributed by atoms with Crippen molar-refractivity contribution in [2.75, 3.05) is 13.3 Å². The summed E-state index contributed by atoms with van der Waals surface area (Å²) in [7, 11) is 0. The normalized spacial score (nSPS) is 18.0. The molecule has 0 unspecified atom stereocenters. The first kappa shape index (κ1) is 22.5. The van der Waals surface area contributed by atoms with Gasteiger partial charge in [-0.05, 0) is 0 Å². The second-order valence-corrected chi connectivity index (χ2v) is 34.2. The Morgan fingerprint density at radius 2 is 0.571 bits per heavy atom. The van der Waals surface area contributed by atoms with Gasteiger partial charge in [0.1, 0.15) is 0 Å². The fourth-order valence-electron chi connectivity index (χ4n) is 3.04. The molecule has 21 heavy (non-hydrogen) atoms. The van der Waals surface area contributed by atoms with E-state index in [-0.39, 0.29) is 0 Å². The first-order chi connectivity index (χ1) is 8.71. The molecule has 0 aromatic rings. The molecule has 0 spiro atoms. The van der Waals surface area contributed by atoms with E-state index in [1.807, 2.05) is 0 Å². The summed E-state index contributed by atoms with van der Waals surface area (Å²) < 4.78 is 0. The molecule has 0 aliphatic heterocycles. The quantitative estimate of drug-likeness (QED) is 0.333. The van der Waals surface area contributed by atoms with Crippen molar-refractivity contribution in [3.63, 3.8) is 0 Å². The average Bonchev–Trinajstić information content (AvgIpc) is 2.09. The summed E-state index contributed by atoms with van der Waals surface area (Å²) in [6, 6.07) is 0. The van der Waals surface area contributed by atoms with Crippen molar-refractivity contribution in [1.29, 1.82) is 0 Å². The van der Waals surface area contributed by atoms with Crippen molar-refractivity contribution in [2.45, 2.75) is 104 Å². The first-order valence-corrected chi connectivity index (χ1v) is 17.6. The summed E-state index contributed by atoms with van der Waals surface area (Å²) in [5.74, 6) is 0. The van der Waals surface area contributed by atoms with Gasteiger partial charge in [0.15, 0.2) is 0 Å². The second-order valence-electron chi connectivity index (χ2n) is 11.0. The van der Waals surface area contributed by atoms with Gasteiger partial charge in [-0.2, -0.15) is 0 Å². The summed E-state index contributed by atoms with van der Waals surface area (Å²) in [5.41, 5.74) is -2.79. The van der Waals surface area contributed by atoms with Crippen molar-refractivity contribution >= 4 is 10.9 Å². The van der Waals surface area contributed by atoms with Gasteiger partial charge in [-0.1, -0.05) is 0 Å². The zero-order valence-electron chi connectivity index (χ0n) is 17.3. The summed E-state index contributed by atoms with van der Waals surface area (Å²) in [6.07, 6.45) is 0. The molecule has 0 aliphatic rings. The van der Waals surface area contributed by atoms with Crippen molar-refractivity contribution in [1.82, 2.24) is 0 Å². The van der Waals surface area contributed by atoms with E-state index in [4.69, 9.17) is 0 Å². The molecule has 0 rings (SSSR count). The maximum atomic E-state index is 2.71. The summed E-state index contributed by atoms with van der Waals surface area (Å²) in [5, 5.41) is 1.91. The fourth-order valence-corrected chi connectivity index (χ4v) is 48.8. The van der Waals surface area contributed by atoms with Gasteiger partial charge in [0.25, 0.3) is 0 Å². The van der Waals surface area contributed by atoms with Crippen LogP contribution in [0.5, 0.6) is 0 Å². The standard InChI is InChI=1S/2C9H21P.Pd/c2*1-8(2,3)10(7)9(4,5)6;/h2*1-7H3;/q;;-2/p+2. The monoisotopic (exact) mass is 428 g/mol. The van der Waals surface area contributed by atoms with Gasteiger partial charge in [0, 0.05) is 0 Å². The molecule has 0 radical (unpaired) electrons. The summed E-state index contributed by atoms with van der Waals surface area (Å²) in [4.78, 5) is 0. The van der Waals surface area contributed by atoms with Gasteiger partial charge in [0.2, 0.25) is 0 Å². The molecule has 0 heterocycles. The number of rotatable bonds is 2. The van der Waals surface area contributed by atoms with Gasteiger partial charge < -0.3 is 0 Å². The minimum absolute atomic E-state index is 0.477. The van der Waals surface area contributed by atoms with E-state index in [1.54, 1.807) is 0 Å². The van der Waals surface area contributed by atoms with Crippen LogP contribution in [0.15, 0.2) is 0 Å². The Bertz CT molecular complexity index is 295. The molecule has 136 valence electrons. The van der Waals surface area contributed by atoms with E-state index in [1.165, 1.54) is 0 Å². The van der Waals surface area contributed by atoms with Gasteiger partial charge in [-0.25, -0.2) is 0 Å². The van der Waals surface area contributed by atoms with E-state index < -0.39 is 10.9 Å². The number of hydrogen-bond acceptors (Lipinski definition) is 0. The Hall–Kier alpha value is 1.52. The molecule has 0 aromatic carbocycles. The van der Waals surface area contributed by atoms with Crippen molar-refractivity contribution < 1.29 is 17.0 Å². The Morgan fingerprint density at radius 3 is 0.667 bits per heavy atom. The van der Waals surface area contributed by atoms with Crippen LogP contribution in [-0.2, 0) is 17.0 Å². The molecule has 0 nitrogen and oxygen atoms in total. The predicted molar refractivity (Wildman–Crippen MR) is 107 cm³/mol. The predicted octanol–water partition coefficient (Wildman–Crippen LogP) is 6.85. The molecular weight excluding hydrogens is 385 g/mol. The molecule has 0 N–H and O–H groups in total. The van der Waals surface area contributed by atoms with E-state index in [0.717, 1.165) is 17.0 Å². The molecule has 0 bridgehead atoms. The van der Waals surface area contributed by atoms with Gasteiger partial charge in [-0.15, -0.1) is 0 Å². The maximum absolute atomic E-state index is 2.71. The van der Waals surface area contributed by atoms with Crippen molar-refractivity contribution in [3.05, 3.63) is 0 Å². The third kappa shape index (κ3) is 4.33. The Labute approximate surface area is 144 Å². The fraction of sp³-hybridized carbons (Fsp3) is 1.00.